The summed E-state index contributed by atoms with van der Waals surface area (Å²) in [7, 11) is 0. The number of nitrogens with zero attached hydrogens (tertiary/aromatic N) is 1. The molecule has 1 aliphatic heterocycles. The normalized spacial score (nSPS) is 13.3. The van der Waals surface area contributed by atoms with Crippen molar-refractivity contribution in [2.75, 3.05) is 11.6 Å². The molecule has 1 aromatic rings. The van der Waals surface area contributed by atoms with Crippen LogP contribution in [0.4, 0.5) is 5.69 Å². The number of rotatable bonds is 2. The number of hydrogen-bond donors (Lipinski definition) is 1. The number of benzene rings is 1. The highest BCUT2D eigenvalue weighted by atomic mass is 15.5. The lowest BCUT2D eigenvalue weighted by Gasteiger charge is -2.18. The molecular weight excluding hydrogens is 184 g/mol. The molecule has 1 aromatic carbocycles. The summed E-state index contributed by atoms with van der Waals surface area (Å²) in [5.74, 6) is 0. The van der Waals surface area contributed by atoms with Gasteiger partial charge in [0.05, 0.1) is 5.69 Å². The average molecular weight is 202 g/mol. The summed E-state index contributed by atoms with van der Waals surface area (Å²) in [5, 5.41) is 2.01. The summed E-state index contributed by atoms with van der Waals surface area (Å²) in [6.07, 6.45) is 5.98. The first-order valence-corrected chi connectivity index (χ1v) is 5.32. The van der Waals surface area contributed by atoms with Crippen LogP contribution < -0.4 is 10.4 Å². The van der Waals surface area contributed by atoms with E-state index in [1.807, 2.05) is 43.3 Å². The Balaban J connectivity index is 0.000000531. The van der Waals surface area contributed by atoms with E-state index >= 15 is 0 Å². The molecule has 0 bridgehead atoms. The summed E-state index contributed by atoms with van der Waals surface area (Å²) in [4.78, 5) is 0. The van der Waals surface area contributed by atoms with Crippen LogP contribution in [0.15, 0.2) is 43.1 Å². The van der Waals surface area contributed by atoms with E-state index in [4.69, 9.17) is 0 Å². The Labute approximate surface area is 91.9 Å². The zero-order valence-electron chi connectivity index (χ0n) is 9.40. The number of nitrogens with one attached hydrogen (secondary N) is 1. The van der Waals surface area contributed by atoms with E-state index in [2.05, 4.69) is 30.2 Å². The molecule has 0 aromatic heterocycles. The van der Waals surface area contributed by atoms with Crippen LogP contribution in [0.25, 0.3) is 6.08 Å². The molecule has 15 heavy (non-hydrogen) atoms. The molecule has 1 heterocycles. The van der Waals surface area contributed by atoms with E-state index in [1.54, 1.807) is 0 Å². The number of hydrazine groups is 1. The van der Waals surface area contributed by atoms with E-state index < -0.39 is 0 Å². The largest absolute Gasteiger partial charge is 0.284 e. The van der Waals surface area contributed by atoms with Gasteiger partial charge in [0, 0.05) is 12.7 Å². The van der Waals surface area contributed by atoms with Crippen molar-refractivity contribution in [1.29, 1.82) is 0 Å². The third-order valence-electron chi connectivity index (χ3n) is 2.05. The second-order valence-corrected chi connectivity index (χ2v) is 2.88. The molecule has 0 amide bonds. The van der Waals surface area contributed by atoms with Crippen LogP contribution in [0.2, 0.25) is 0 Å². The maximum Gasteiger partial charge on any atom is 0.0642 e. The van der Waals surface area contributed by atoms with E-state index in [-0.39, 0.29) is 0 Å². The lowest BCUT2D eigenvalue weighted by atomic mass is 10.2. The van der Waals surface area contributed by atoms with Crippen molar-refractivity contribution in [3.8, 4) is 0 Å². The fraction of sp³-hybridized carbons (Fsp3) is 0.231. The average Bonchev–Trinajstić information content (AvgIpc) is 2.85. The minimum absolute atomic E-state index is 0.894. The van der Waals surface area contributed by atoms with Gasteiger partial charge < -0.3 is 0 Å². The second kappa shape index (κ2) is 6.04. The van der Waals surface area contributed by atoms with Crippen molar-refractivity contribution in [2.45, 2.75) is 13.8 Å². The molecule has 0 aliphatic carbocycles. The quantitative estimate of drug-likeness (QED) is 0.792. The fourth-order valence-electron chi connectivity index (χ4n) is 1.41. The Bertz CT molecular complexity index is 342. The highest BCUT2D eigenvalue weighted by molar-refractivity contribution is 5.67. The molecule has 0 saturated heterocycles. The van der Waals surface area contributed by atoms with Gasteiger partial charge in [-0.3, -0.25) is 5.01 Å². The van der Waals surface area contributed by atoms with Gasteiger partial charge in [-0.2, -0.15) is 0 Å². The zero-order valence-corrected chi connectivity index (χ0v) is 9.40. The van der Waals surface area contributed by atoms with E-state index in [0.29, 0.717) is 0 Å². The molecule has 2 rings (SSSR count). The molecule has 0 spiro atoms. The topological polar surface area (TPSA) is 15.3 Å². The van der Waals surface area contributed by atoms with Crippen LogP contribution in [-0.2, 0) is 0 Å². The van der Waals surface area contributed by atoms with Crippen LogP contribution >= 0.6 is 0 Å². The highest BCUT2D eigenvalue weighted by Gasteiger charge is 2.08. The van der Waals surface area contributed by atoms with Crippen LogP contribution in [0.5, 0.6) is 0 Å². The van der Waals surface area contributed by atoms with Gasteiger partial charge in [0.1, 0.15) is 0 Å². The maximum atomic E-state index is 3.78. The first-order chi connectivity index (χ1) is 7.42. The maximum absolute atomic E-state index is 3.78. The molecule has 1 aliphatic rings. The summed E-state index contributed by atoms with van der Waals surface area (Å²) < 4.78 is 0. The van der Waals surface area contributed by atoms with Crippen molar-refractivity contribution < 1.29 is 0 Å². The highest BCUT2D eigenvalue weighted by Crippen LogP contribution is 2.21. The van der Waals surface area contributed by atoms with Crippen LogP contribution in [0, 0.1) is 0 Å². The number of anilines is 1. The monoisotopic (exact) mass is 202 g/mol. The molecule has 0 fully saturated rings. The van der Waals surface area contributed by atoms with Gasteiger partial charge in [0.2, 0.25) is 0 Å². The van der Waals surface area contributed by atoms with E-state index in [1.165, 1.54) is 0 Å². The molecular formula is C13H18N2. The van der Waals surface area contributed by atoms with Gasteiger partial charge in [-0.25, -0.2) is 5.43 Å². The van der Waals surface area contributed by atoms with Gasteiger partial charge in [0.25, 0.3) is 0 Å². The predicted molar refractivity (Wildman–Crippen MR) is 67.5 cm³/mol. The molecule has 1 N–H and O–H groups in total. The van der Waals surface area contributed by atoms with Crippen molar-refractivity contribution in [3.63, 3.8) is 0 Å². The first-order valence-electron chi connectivity index (χ1n) is 5.32. The van der Waals surface area contributed by atoms with Crippen molar-refractivity contribution in [3.05, 3.63) is 48.7 Å². The lowest BCUT2D eigenvalue weighted by molar-refractivity contribution is 0.814. The molecule has 0 atom stereocenters. The number of hydrogen-bond acceptors (Lipinski definition) is 2. The fourth-order valence-corrected chi connectivity index (χ4v) is 1.41. The molecule has 0 unspecified atom stereocenters. The molecule has 0 radical (unpaired) electrons. The second-order valence-electron chi connectivity index (χ2n) is 2.88. The van der Waals surface area contributed by atoms with Crippen LogP contribution in [0.3, 0.4) is 0 Å². The lowest BCUT2D eigenvalue weighted by Crippen LogP contribution is -2.28. The van der Waals surface area contributed by atoms with Gasteiger partial charge in [-0.1, -0.05) is 50.8 Å². The standard InChI is InChI=1S/C11H12N2.C2H6/c1-2-10-6-3-4-7-11(10)13-9-5-8-12-13;1-2/h2-7,9,12H,1,8H2;1-2H3. The smallest absolute Gasteiger partial charge is 0.0642 e. The minimum Gasteiger partial charge on any atom is -0.284 e. The summed E-state index contributed by atoms with van der Waals surface area (Å²) in [6.45, 7) is 8.68. The van der Waals surface area contributed by atoms with Gasteiger partial charge in [-0.15, -0.1) is 0 Å². The SMILES string of the molecule is C=Cc1ccccc1N1C=CCN1.CC. The zero-order chi connectivity index (χ0) is 11.1. The first kappa shape index (κ1) is 11.5. The summed E-state index contributed by atoms with van der Waals surface area (Å²) in [6, 6.07) is 8.16. The Morgan fingerprint density at radius 3 is 2.67 bits per heavy atom. The van der Waals surface area contributed by atoms with E-state index in [0.717, 1.165) is 17.8 Å². The van der Waals surface area contributed by atoms with Crippen molar-refractivity contribution in [2.24, 2.45) is 0 Å². The molecule has 0 saturated carbocycles. The van der Waals surface area contributed by atoms with Crippen LogP contribution in [0.1, 0.15) is 19.4 Å². The Morgan fingerprint density at radius 2 is 2.07 bits per heavy atom. The van der Waals surface area contributed by atoms with Crippen LogP contribution in [-0.4, -0.2) is 6.54 Å². The Morgan fingerprint density at radius 1 is 1.33 bits per heavy atom. The Kier molecular flexibility index (Phi) is 4.64. The van der Waals surface area contributed by atoms with Crippen molar-refractivity contribution in [1.82, 2.24) is 5.43 Å². The molecule has 80 valence electrons. The third kappa shape index (κ3) is 2.70. The van der Waals surface area contributed by atoms with E-state index in [9.17, 15) is 0 Å². The van der Waals surface area contributed by atoms with Gasteiger partial charge in [-0.05, 0) is 11.6 Å². The van der Waals surface area contributed by atoms with Gasteiger partial charge >= 0.3 is 0 Å². The molecule has 2 nitrogen and oxygen atoms in total. The van der Waals surface area contributed by atoms with Crippen molar-refractivity contribution >= 4 is 11.8 Å². The summed E-state index contributed by atoms with van der Waals surface area (Å²) >= 11 is 0. The summed E-state index contributed by atoms with van der Waals surface area (Å²) in [5.41, 5.74) is 5.51. The number of para-hydroxylation sites is 1. The predicted octanol–water partition coefficient (Wildman–Crippen LogP) is 3.19. The Hall–Kier alpha value is -1.54. The van der Waals surface area contributed by atoms with Gasteiger partial charge in [0.15, 0.2) is 0 Å². The molecule has 2 heteroatoms. The third-order valence-corrected chi connectivity index (χ3v) is 2.05. The minimum atomic E-state index is 0.894.